The van der Waals surface area contributed by atoms with Crippen LogP contribution in [0.5, 0.6) is 0 Å². The van der Waals surface area contributed by atoms with E-state index < -0.39 is 8.32 Å². The highest BCUT2D eigenvalue weighted by Crippen LogP contribution is 2.39. The van der Waals surface area contributed by atoms with E-state index >= 15 is 0 Å². The highest BCUT2D eigenvalue weighted by molar-refractivity contribution is 6.99. The summed E-state index contributed by atoms with van der Waals surface area (Å²) < 4.78 is 20.5. The minimum Gasteiger partial charge on any atom is -0.404 e. The van der Waals surface area contributed by atoms with Crippen LogP contribution >= 0.6 is 0 Å². The van der Waals surface area contributed by atoms with Crippen molar-refractivity contribution >= 4 is 25.0 Å². The Bertz CT molecular complexity index is 1140. The maximum Gasteiger partial charge on any atom is 0.261 e. The molecule has 3 aromatic carbocycles. The molecular formula is C37H50O4Si. The van der Waals surface area contributed by atoms with E-state index in [0.717, 1.165) is 44.8 Å². The number of hydrogen-bond donors (Lipinski definition) is 0. The average molecular weight is 587 g/mol. The molecule has 1 aliphatic rings. The summed E-state index contributed by atoms with van der Waals surface area (Å²) in [5.74, 6) is 0.349. The highest BCUT2D eigenvalue weighted by Gasteiger charge is 2.51. The smallest absolute Gasteiger partial charge is 0.261 e. The monoisotopic (exact) mass is 586 g/mol. The predicted molar refractivity (Wildman–Crippen MR) is 175 cm³/mol. The summed E-state index contributed by atoms with van der Waals surface area (Å²) >= 11 is 0. The van der Waals surface area contributed by atoms with Crippen molar-refractivity contribution in [1.82, 2.24) is 0 Å². The van der Waals surface area contributed by atoms with Crippen LogP contribution in [0.4, 0.5) is 0 Å². The molecule has 3 aromatic rings. The van der Waals surface area contributed by atoms with Gasteiger partial charge in [0.15, 0.2) is 0 Å². The summed E-state index contributed by atoms with van der Waals surface area (Å²) in [6, 6.07) is 32.1. The summed E-state index contributed by atoms with van der Waals surface area (Å²) in [7, 11) is -2.72. The van der Waals surface area contributed by atoms with Crippen molar-refractivity contribution in [3.63, 3.8) is 0 Å². The third kappa shape index (κ3) is 8.73. The van der Waals surface area contributed by atoms with Gasteiger partial charge in [0.25, 0.3) is 8.32 Å². The lowest BCUT2D eigenvalue weighted by atomic mass is 9.93. The number of carbonyl (C=O) groups is 1. The lowest BCUT2D eigenvalue weighted by Gasteiger charge is -2.46. The molecule has 0 N–H and O–H groups in total. The minimum absolute atomic E-state index is 0.0109. The Morgan fingerprint density at radius 1 is 0.857 bits per heavy atom. The maximum atomic E-state index is 11.1. The molecule has 226 valence electrons. The van der Waals surface area contributed by atoms with Gasteiger partial charge in [-0.05, 0) is 65.4 Å². The second-order valence-electron chi connectivity index (χ2n) is 13.0. The Morgan fingerprint density at radius 2 is 1.40 bits per heavy atom. The number of ether oxygens (including phenoxy) is 2. The molecule has 0 radical (unpaired) electrons. The van der Waals surface area contributed by atoms with Crippen molar-refractivity contribution in [2.75, 3.05) is 6.61 Å². The Kier molecular flexibility index (Phi) is 12.1. The number of benzene rings is 3. The van der Waals surface area contributed by atoms with Gasteiger partial charge in [-0.3, -0.25) is 0 Å². The largest absolute Gasteiger partial charge is 0.404 e. The molecule has 0 spiro atoms. The molecule has 0 aromatic heterocycles. The van der Waals surface area contributed by atoms with Crippen LogP contribution in [0, 0.1) is 5.92 Å². The molecule has 0 amide bonds. The van der Waals surface area contributed by atoms with Crippen molar-refractivity contribution < 1.29 is 18.7 Å². The van der Waals surface area contributed by atoms with Crippen LogP contribution in [-0.4, -0.2) is 39.5 Å². The van der Waals surface area contributed by atoms with Crippen LogP contribution in [0.3, 0.4) is 0 Å². The fourth-order valence-electron chi connectivity index (χ4n) is 6.48. The third-order valence-electron chi connectivity index (χ3n) is 8.58. The third-order valence-corrected chi connectivity index (χ3v) is 13.7. The summed E-state index contributed by atoms with van der Waals surface area (Å²) in [4.78, 5) is 11.1. The summed E-state index contributed by atoms with van der Waals surface area (Å²) in [6.45, 7) is 10.4. The molecule has 42 heavy (non-hydrogen) atoms. The van der Waals surface area contributed by atoms with E-state index in [1.54, 1.807) is 0 Å². The fourth-order valence-corrected chi connectivity index (χ4v) is 11.2. The van der Waals surface area contributed by atoms with Gasteiger partial charge in [-0.2, -0.15) is 0 Å². The van der Waals surface area contributed by atoms with Gasteiger partial charge in [0.2, 0.25) is 0 Å². The fraction of sp³-hybridized carbons (Fsp3) is 0.486. The Hall–Kier alpha value is -2.57. The Morgan fingerprint density at radius 3 is 1.95 bits per heavy atom. The van der Waals surface area contributed by atoms with Crippen LogP contribution in [0.2, 0.25) is 5.04 Å². The quantitative estimate of drug-likeness (QED) is 0.105. The van der Waals surface area contributed by atoms with E-state index in [0.29, 0.717) is 25.6 Å². The van der Waals surface area contributed by atoms with Gasteiger partial charge < -0.3 is 18.7 Å². The van der Waals surface area contributed by atoms with Gasteiger partial charge in [-0.15, -0.1) is 0 Å². The Labute approximate surface area is 254 Å². The van der Waals surface area contributed by atoms with Crippen LogP contribution in [0.1, 0.15) is 78.2 Å². The second kappa shape index (κ2) is 15.8. The van der Waals surface area contributed by atoms with Crippen molar-refractivity contribution in [2.24, 2.45) is 5.92 Å². The first kappa shape index (κ1) is 32.3. The van der Waals surface area contributed by atoms with Crippen LogP contribution in [-0.2, 0) is 25.3 Å². The van der Waals surface area contributed by atoms with Gasteiger partial charge in [-0.25, -0.2) is 0 Å². The van der Waals surface area contributed by atoms with Crippen LogP contribution < -0.4 is 10.4 Å². The van der Waals surface area contributed by atoms with E-state index in [2.05, 4.69) is 113 Å². The summed E-state index contributed by atoms with van der Waals surface area (Å²) in [6.07, 6.45) is 7.84. The Balaban J connectivity index is 1.60. The molecule has 0 aliphatic carbocycles. The molecular weight excluding hydrogens is 536 g/mol. The first-order valence-electron chi connectivity index (χ1n) is 15.8. The van der Waals surface area contributed by atoms with Gasteiger partial charge in [0.05, 0.1) is 24.9 Å². The van der Waals surface area contributed by atoms with E-state index in [1.807, 2.05) is 6.07 Å². The minimum atomic E-state index is -2.72. The number of hydrogen-bond acceptors (Lipinski definition) is 4. The standard InChI is InChI=1S/C37H50O4Si/c1-30(23-25-38)27-32-17-14-18-33(40-32)28-34(24-26-39-29-31-15-8-5-9-16-31)41-42(37(2,3)4,35-19-10-6-11-20-35)36-21-12-7-13-22-36/h5-13,15-16,19-22,25,30,32-34H,14,17-18,23-24,26-29H2,1-4H3/t30-,32+,33-,34-/m0/s1. The zero-order valence-corrected chi connectivity index (χ0v) is 27.0. The first-order chi connectivity index (χ1) is 20.3. The molecule has 0 bridgehead atoms. The van der Waals surface area contributed by atoms with Crippen molar-refractivity contribution in [1.29, 1.82) is 0 Å². The van der Waals surface area contributed by atoms with E-state index in [-0.39, 0.29) is 23.4 Å². The van der Waals surface area contributed by atoms with Gasteiger partial charge >= 0.3 is 0 Å². The van der Waals surface area contributed by atoms with Gasteiger partial charge in [0, 0.05) is 13.0 Å². The summed E-state index contributed by atoms with van der Waals surface area (Å²) in [5.41, 5.74) is 1.19. The predicted octanol–water partition coefficient (Wildman–Crippen LogP) is 7.48. The number of rotatable bonds is 15. The number of carbonyl (C=O) groups excluding carboxylic acids is 1. The molecule has 4 nitrogen and oxygen atoms in total. The van der Waals surface area contributed by atoms with E-state index in [9.17, 15) is 4.79 Å². The van der Waals surface area contributed by atoms with E-state index in [4.69, 9.17) is 13.9 Å². The molecule has 1 saturated heterocycles. The zero-order valence-electron chi connectivity index (χ0n) is 26.0. The maximum absolute atomic E-state index is 11.1. The molecule has 1 aliphatic heterocycles. The van der Waals surface area contributed by atoms with Crippen LogP contribution in [0.25, 0.3) is 0 Å². The van der Waals surface area contributed by atoms with Crippen molar-refractivity contribution in [3.8, 4) is 0 Å². The zero-order chi connectivity index (χ0) is 29.8. The SMILES string of the molecule is C[C@@H](CC=O)C[C@H]1CCC[C@@H](C[C@H](CCOCc2ccccc2)O[Si](c2ccccc2)(c2ccccc2)C(C)(C)C)O1. The molecule has 1 fully saturated rings. The average Bonchev–Trinajstić information content (AvgIpc) is 2.99. The van der Waals surface area contributed by atoms with E-state index in [1.165, 1.54) is 15.9 Å². The second-order valence-corrected chi connectivity index (χ2v) is 17.3. The lowest BCUT2D eigenvalue weighted by Crippen LogP contribution is -2.68. The molecule has 5 heteroatoms. The molecule has 0 unspecified atom stereocenters. The molecule has 4 atom stereocenters. The topological polar surface area (TPSA) is 44.8 Å². The molecule has 1 heterocycles. The normalized spacial score (nSPS) is 19.2. The molecule has 0 saturated carbocycles. The molecule has 4 rings (SSSR count). The van der Waals surface area contributed by atoms with Crippen LogP contribution in [0.15, 0.2) is 91.0 Å². The first-order valence-corrected chi connectivity index (χ1v) is 17.7. The van der Waals surface area contributed by atoms with Gasteiger partial charge in [0.1, 0.15) is 6.29 Å². The summed E-state index contributed by atoms with van der Waals surface area (Å²) in [5, 5.41) is 2.49. The van der Waals surface area contributed by atoms with Crippen molar-refractivity contribution in [2.45, 2.75) is 103 Å². The lowest BCUT2D eigenvalue weighted by molar-refractivity contribution is -0.109. The number of aldehydes is 1. The highest BCUT2D eigenvalue weighted by atomic mass is 28.4. The van der Waals surface area contributed by atoms with Crippen molar-refractivity contribution in [3.05, 3.63) is 96.6 Å². The van der Waals surface area contributed by atoms with Gasteiger partial charge in [-0.1, -0.05) is 119 Å².